The molecule has 0 aliphatic rings. The van der Waals surface area contributed by atoms with Gasteiger partial charge >= 0.3 is 11.9 Å². The normalized spacial score (nSPS) is 9.26. The second-order valence-electron chi connectivity index (χ2n) is 3.56. The number of nitrogens with two attached hydrogens (primary N) is 2. The molecule has 0 spiro atoms. The molecule has 6 N–H and O–H groups in total. The summed E-state index contributed by atoms with van der Waals surface area (Å²) in [7, 11) is 0. The lowest BCUT2D eigenvalue weighted by Gasteiger charge is -1.97. The largest absolute Gasteiger partial charge is 0.481 e. The monoisotopic (exact) mass is 330 g/mol. The van der Waals surface area contributed by atoms with Crippen LogP contribution in [0.4, 0.5) is 11.4 Å². The summed E-state index contributed by atoms with van der Waals surface area (Å²) in [5.74, 6) is -1.80. The van der Waals surface area contributed by atoms with E-state index in [4.69, 9.17) is 21.7 Å². The number of anilines is 2. The minimum absolute atomic E-state index is 0. The van der Waals surface area contributed by atoms with Gasteiger partial charge in [-0.15, -0.1) is 36.2 Å². The summed E-state index contributed by atoms with van der Waals surface area (Å²) in [5, 5.41) is 17.1. The van der Waals surface area contributed by atoms with Gasteiger partial charge in [-0.1, -0.05) is 0 Å². The van der Waals surface area contributed by atoms with Crippen LogP contribution in [0, 0.1) is 0 Å². The minimum Gasteiger partial charge on any atom is -0.481 e. The summed E-state index contributed by atoms with van der Waals surface area (Å²) >= 11 is 1.29. The number of halogens is 2. The number of aryl methyl sites for hydroxylation is 2. The molecule has 110 valence electrons. The van der Waals surface area contributed by atoms with E-state index < -0.39 is 11.9 Å². The van der Waals surface area contributed by atoms with E-state index in [1.807, 2.05) is 0 Å². The van der Waals surface area contributed by atoms with Crippen LogP contribution in [0.3, 0.4) is 0 Å². The average Bonchev–Trinajstić information content (AvgIpc) is 2.51. The standard InChI is InChI=1S/C10H14N2O4S.2ClH/c11-9-5(1-3-7(13)14)17-6(10(9)12)2-4-8(15)16;;/h1-4,11-12H2,(H,13,14)(H,15,16);2*1H. The third-order valence-corrected chi connectivity index (χ3v) is 3.61. The molecule has 0 aromatic carbocycles. The van der Waals surface area contributed by atoms with Gasteiger partial charge in [0.1, 0.15) is 0 Å². The average molecular weight is 331 g/mol. The molecular weight excluding hydrogens is 315 g/mol. The molecule has 9 heteroatoms. The Morgan fingerprint density at radius 2 is 1.21 bits per heavy atom. The van der Waals surface area contributed by atoms with Crippen molar-refractivity contribution in [2.75, 3.05) is 11.5 Å². The summed E-state index contributed by atoms with van der Waals surface area (Å²) in [6.07, 6.45) is 0.622. The summed E-state index contributed by atoms with van der Waals surface area (Å²) < 4.78 is 0. The molecule has 0 saturated carbocycles. The quantitative estimate of drug-likeness (QED) is 0.629. The fourth-order valence-corrected chi connectivity index (χ4v) is 2.52. The van der Waals surface area contributed by atoms with E-state index in [1.54, 1.807) is 0 Å². The second-order valence-corrected chi connectivity index (χ2v) is 4.75. The van der Waals surface area contributed by atoms with E-state index in [-0.39, 0.29) is 37.7 Å². The molecule has 0 amide bonds. The van der Waals surface area contributed by atoms with Crippen molar-refractivity contribution >= 4 is 59.5 Å². The fourth-order valence-electron chi connectivity index (χ4n) is 1.37. The maximum atomic E-state index is 10.4. The number of carbonyl (C=O) groups is 2. The second kappa shape index (κ2) is 8.84. The predicted octanol–water partition coefficient (Wildman–Crippen LogP) is 1.79. The van der Waals surface area contributed by atoms with Crippen LogP contribution in [0.15, 0.2) is 0 Å². The van der Waals surface area contributed by atoms with Gasteiger partial charge in [0.25, 0.3) is 0 Å². The molecule has 1 aromatic rings. The number of aliphatic carboxylic acids is 2. The van der Waals surface area contributed by atoms with Crippen molar-refractivity contribution in [2.24, 2.45) is 0 Å². The Kier molecular flexibility index (Phi) is 9.37. The minimum atomic E-state index is -0.900. The van der Waals surface area contributed by atoms with E-state index in [0.717, 1.165) is 0 Å². The lowest BCUT2D eigenvalue weighted by atomic mass is 10.2. The van der Waals surface area contributed by atoms with Gasteiger partial charge in [0.2, 0.25) is 0 Å². The molecule has 0 aliphatic heterocycles. The van der Waals surface area contributed by atoms with Gasteiger partial charge in [0.05, 0.1) is 24.2 Å². The van der Waals surface area contributed by atoms with Crippen molar-refractivity contribution in [3.05, 3.63) is 9.75 Å². The van der Waals surface area contributed by atoms with Crippen LogP contribution in [-0.2, 0) is 22.4 Å². The van der Waals surface area contributed by atoms with Crippen molar-refractivity contribution in [3.8, 4) is 0 Å². The first-order valence-corrected chi connectivity index (χ1v) is 5.82. The Hall–Kier alpha value is -1.18. The molecule has 0 fully saturated rings. The maximum Gasteiger partial charge on any atom is 0.303 e. The van der Waals surface area contributed by atoms with E-state index in [9.17, 15) is 9.59 Å². The van der Waals surface area contributed by atoms with Gasteiger partial charge in [0.15, 0.2) is 0 Å². The molecule has 1 heterocycles. The number of thiophene rings is 1. The topological polar surface area (TPSA) is 127 Å². The number of hydrogen-bond acceptors (Lipinski definition) is 5. The summed E-state index contributed by atoms with van der Waals surface area (Å²) in [4.78, 5) is 22.3. The highest BCUT2D eigenvalue weighted by atomic mass is 35.5. The number of carboxylic acids is 2. The predicted molar refractivity (Wildman–Crippen MR) is 79.6 cm³/mol. The Labute approximate surface area is 126 Å². The number of nitrogen functional groups attached to an aromatic ring is 2. The maximum absolute atomic E-state index is 10.4. The van der Waals surface area contributed by atoms with Crippen molar-refractivity contribution in [2.45, 2.75) is 25.7 Å². The molecule has 1 aromatic heterocycles. The zero-order valence-electron chi connectivity index (χ0n) is 9.92. The van der Waals surface area contributed by atoms with Gasteiger partial charge in [0, 0.05) is 9.75 Å². The molecule has 0 radical (unpaired) electrons. The van der Waals surface area contributed by atoms with Crippen LogP contribution in [0.2, 0.25) is 0 Å². The number of hydrogen-bond donors (Lipinski definition) is 4. The molecule has 19 heavy (non-hydrogen) atoms. The van der Waals surface area contributed by atoms with Gasteiger partial charge in [-0.25, -0.2) is 0 Å². The van der Waals surface area contributed by atoms with Crippen molar-refractivity contribution in [1.29, 1.82) is 0 Å². The lowest BCUT2D eigenvalue weighted by Crippen LogP contribution is -2.00. The van der Waals surface area contributed by atoms with Crippen molar-refractivity contribution in [3.63, 3.8) is 0 Å². The first-order chi connectivity index (χ1) is 7.91. The smallest absolute Gasteiger partial charge is 0.303 e. The molecule has 0 aliphatic carbocycles. The first-order valence-electron chi connectivity index (χ1n) is 5.01. The number of rotatable bonds is 6. The van der Waals surface area contributed by atoms with Gasteiger partial charge in [-0.05, 0) is 12.8 Å². The Morgan fingerprint density at radius 3 is 1.47 bits per heavy atom. The van der Waals surface area contributed by atoms with Crippen molar-refractivity contribution in [1.82, 2.24) is 0 Å². The highest BCUT2D eigenvalue weighted by Crippen LogP contribution is 2.35. The number of carboxylic acid groups (broad SMARTS) is 2. The zero-order chi connectivity index (χ0) is 13.0. The Morgan fingerprint density at radius 1 is 0.895 bits per heavy atom. The van der Waals surface area contributed by atoms with E-state index >= 15 is 0 Å². The SMILES string of the molecule is Cl.Cl.Nc1c(CCC(=O)O)sc(CCC(=O)O)c1N. The van der Waals surface area contributed by atoms with Crippen LogP contribution < -0.4 is 11.5 Å². The van der Waals surface area contributed by atoms with E-state index in [2.05, 4.69) is 0 Å². The summed E-state index contributed by atoms with van der Waals surface area (Å²) in [6.45, 7) is 0. The van der Waals surface area contributed by atoms with Crippen LogP contribution in [0.1, 0.15) is 22.6 Å². The molecule has 6 nitrogen and oxygen atoms in total. The van der Waals surface area contributed by atoms with E-state index in [1.165, 1.54) is 11.3 Å². The Bertz CT molecular complexity index is 412. The molecule has 0 bridgehead atoms. The van der Waals surface area contributed by atoms with E-state index in [0.29, 0.717) is 34.0 Å². The highest BCUT2D eigenvalue weighted by Gasteiger charge is 2.14. The van der Waals surface area contributed by atoms with Crippen LogP contribution in [0.5, 0.6) is 0 Å². The molecule has 0 saturated heterocycles. The van der Waals surface area contributed by atoms with Gasteiger partial charge in [-0.3, -0.25) is 9.59 Å². The van der Waals surface area contributed by atoms with Gasteiger partial charge < -0.3 is 21.7 Å². The van der Waals surface area contributed by atoms with Crippen LogP contribution in [0.25, 0.3) is 0 Å². The molecular formula is C10H16Cl2N2O4S. The summed E-state index contributed by atoms with van der Waals surface area (Å²) in [5.41, 5.74) is 12.3. The highest BCUT2D eigenvalue weighted by molar-refractivity contribution is 7.13. The first kappa shape index (κ1) is 20.1. The molecule has 1 rings (SSSR count). The van der Waals surface area contributed by atoms with Crippen molar-refractivity contribution < 1.29 is 19.8 Å². The third kappa shape index (κ3) is 6.00. The summed E-state index contributed by atoms with van der Waals surface area (Å²) in [6, 6.07) is 0. The molecule has 0 unspecified atom stereocenters. The van der Waals surface area contributed by atoms with Gasteiger partial charge in [-0.2, -0.15) is 0 Å². The Balaban J connectivity index is 0. The molecule has 0 atom stereocenters. The van der Waals surface area contributed by atoms with Crippen LogP contribution >= 0.6 is 36.2 Å². The fraction of sp³-hybridized carbons (Fsp3) is 0.400. The lowest BCUT2D eigenvalue weighted by molar-refractivity contribution is -0.137. The zero-order valence-corrected chi connectivity index (χ0v) is 12.4. The van der Waals surface area contributed by atoms with Crippen LogP contribution in [-0.4, -0.2) is 22.2 Å². The third-order valence-electron chi connectivity index (χ3n) is 2.27.